The molecule has 2 rings (SSSR count). The molecule has 1 N–H and O–H groups in total. The summed E-state index contributed by atoms with van der Waals surface area (Å²) in [5.41, 5.74) is 3.68. The third-order valence-electron chi connectivity index (χ3n) is 2.94. The largest absolute Gasteiger partial charge is 0.384 e. The fourth-order valence-corrected chi connectivity index (χ4v) is 1.89. The van der Waals surface area contributed by atoms with Crippen LogP contribution in [-0.4, -0.2) is 6.54 Å². The van der Waals surface area contributed by atoms with E-state index in [-0.39, 0.29) is 5.82 Å². The molecule has 0 saturated heterocycles. The van der Waals surface area contributed by atoms with E-state index >= 15 is 0 Å². The van der Waals surface area contributed by atoms with E-state index in [9.17, 15) is 4.39 Å². The molecule has 2 aromatic rings. The molecule has 0 atom stereocenters. The van der Waals surface area contributed by atoms with Gasteiger partial charge < -0.3 is 5.32 Å². The first-order valence-electron chi connectivity index (χ1n) is 6.18. The van der Waals surface area contributed by atoms with Gasteiger partial charge in [0.25, 0.3) is 0 Å². The molecule has 0 amide bonds. The van der Waals surface area contributed by atoms with Crippen LogP contribution in [-0.2, 0) is 6.42 Å². The predicted molar refractivity (Wildman–Crippen MR) is 74.5 cm³/mol. The molecule has 0 saturated carbocycles. The van der Waals surface area contributed by atoms with Gasteiger partial charge in [-0.1, -0.05) is 18.2 Å². The Morgan fingerprint density at radius 2 is 1.89 bits per heavy atom. The van der Waals surface area contributed by atoms with E-state index in [1.165, 1.54) is 12.1 Å². The molecule has 0 heterocycles. The van der Waals surface area contributed by atoms with Crippen LogP contribution in [0, 0.1) is 24.1 Å². The minimum Gasteiger partial charge on any atom is -0.384 e. The van der Waals surface area contributed by atoms with Crippen LogP contribution in [0.3, 0.4) is 0 Å². The van der Waals surface area contributed by atoms with Crippen LogP contribution in [0.25, 0.3) is 0 Å². The van der Waals surface area contributed by atoms with Crippen LogP contribution < -0.4 is 5.32 Å². The average Bonchev–Trinajstić information content (AvgIpc) is 2.41. The van der Waals surface area contributed by atoms with Crippen molar-refractivity contribution in [1.82, 2.24) is 0 Å². The summed E-state index contributed by atoms with van der Waals surface area (Å²) in [6.45, 7) is 2.70. The van der Waals surface area contributed by atoms with Gasteiger partial charge in [0.05, 0.1) is 11.3 Å². The van der Waals surface area contributed by atoms with Crippen molar-refractivity contribution in [2.45, 2.75) is 13.3 Å². The number of nitrogens with zero attached hydrogens (tertiary/aromatic N) is 1. The molecule has 0 spiro atoms. The average molecular weight is 254 g/mol. The lowest BCUT2D eigenvalue weighted by Gasteiger charge is -2.09. The Kier molecular flexibility index (Phi) is 4.15. The molecule has 96 valence electrons. The van der Waals surface area contributed by atoms with Crippen molar-refractivity contribution in [2.75, 3.05) is 11.9 Å². The van der Waals surface area contributed by atoms with Crippen molar-refractivity contribution in [2.24, 2.45) is 0 Å². The maximum absolute atomic E-state index is 12.8. The lowest BCUT2D eigenvalue weighted by molar-refractivity contribution is 0.627. The van der Waals surface area contributed by atoms with Gasteiger partial charge in [-0.05, 0) is 48.7 Å². The Hall–Kier alpha value is -2.34. The van der Waals surface area contributed by atoms with E-state index in [0.29, 0.717) is 12.1 Å². The Morgan fingerprint density at radius 1 is 1.16 bits per heavy atom. The number of anilines is 1. The Morgan fingerprint density at radius 3 is 2.58 bits per heavy atom. The maximum Gasteiger partial charge on any atom is 0.123 e. The van der Waals surface area contributed by atoms with Gasteiger partial charge in [0.15, 0.2) is 0 Å². The van der Waals surface area contributed by atoms with E-state index < -0.39 is 0 Å². The molecular weight excluding hydrogens is 239 g/mol. The van der Waals surface area contributed by atoms with Crippen molar-refractivity contribution >= 4 is 5.69 Å². The fourth-order valence-electron chi connectivity index (χ4n) is 1.89. The molecule has 0 bridgehead atoms. The monoisotopic (exact) mass is 254 g/mol. The summed E-state index contributed by atoms with van der Waals surface area (Å²) in [5, 5.41) is 12.3. The molecule has 2 nitrogen and oxygen atoms in total. The molecule has 2 aromatic carbocycles. The number of nitriles is 1. The summed E-state index contributed by atoms with van der Waals surface area (Å²) in [6.07, 6.45) is 0.791. The van der Waals surface area contributed by atoms with Gasteiger partial charge in [-0.2, -0.15) is 5.26 Å². The summed E-state index contributed by atoms with van der Waals surface area (Å²) in [7, 11) is 0. The molecule has 0 aliphatic heterocycles. The quantitative estimate of drug-likeness (QED) is 0.903. The molecule has 0 unspecified atom stereocenters. The van der Waals surface area contributed by atoms with Gasteiger partial charge in [0.2, 0.25) is 0 Å². The molecule has 0 radical (unpaired) electrons. The van der Waals surface area contributed by atoms with Crippen molar-refractivity contribution in [3.63, 3.8) is 0 Å². The van der Waals surface area contributed by atoms with E-state index in [1.807, 2.05) is 25.1 Å². The van der Waals surface area contributed by atoms with E-state index in [2.05, 4.69) is 11.4 Å². The van der Waals surface area contributed by atoms with Crippen molar-refractivity contribution < 1.29 is 4.39 Å². The van der Waals surface area contributed by atoms with Gasteiger partial charge in [-0.15, -0.1) is 0 Å². The highest BCUT2D eigenvalue weighted by Gasteiger charge is 2.01. The summed E-state index contributed by atoms with van der Waals surface area (Å²) in [5.74, 6) is -0.220. The van der Waals surface area contributed by atoms with Crippen LogP contribution in [0.2, 0.25) is 0 Å². The first-order valence-corrected chi connectivity index (χ1v) is 6.18. The summed E-state index contributed by atoms with van der Waals surface area (Å²) < 4.78 is 12.8. The van der Waals surface area contributed by atoms with Crippen LogP contribution in [0.15, 0.2) is 42.5 Å². The predicted octanol–water partition coefficient (Wildman–Crippen LogP) is 3.66. The molecular formula is C16H15FN2. The van der Waals surface area contributed by atoms with E-state index in [1.54, 1.807) is 12.1 Å². The minimum absolute atomic E-state index is 0.220. The number of halogens is 1. The maximum atomic E-state index is 12.8. The molecule has 0 aromatic heterocycles. The fraction of sp³-hybridized carbons (Fsp3) is 0.188. The van der Waals surface area contributed by atoms with Crippen molar-refractivity contribution in [1.29, 1.82) is 5.26 Å². The van der Waals surface area contributed by atoms with Gasteiger partial charge in [0.1, 0.15) is 11.9 Å². The third kappa shape index (κ3) is 3.56. The van der Waals surface area contributed by atoms with Gasteiger partial charge in [0, 0.05) is 6.54 Å². The van der Waals surface area contributed by atoms with Crippen LogP contribution in [0.5, 0.6) is 0 Å². The molecule has 0 aliphatic rings. The topological polar surface area (TPSA) is 35.8 Å². The summed E-state index contributed by atoms with van der Waals surface area (Å²) >= 11 is 0. The Labute approximate surface area is 112 Å². The lowest BCUT2D eigenvalue weighted by atomic mass is 10.1. The van der Waals surface area contributed by atoms with Gasteiger partial charge >= 0.3 is 0 Å². The smallest absolute Gasteiger partial charge is 0.123 e. The van der Waals surface area contributed by atoms with Crippen LogP contribution in [0.4, 0.5) is 10.1 Å². The van der Waals surface area contributed by atoms with Gasteiger partial charge in [-0.3, -0.25) is 0 Å². The zero-order valence-corrected chi connectivity index (χ0v) is 10.8. The first-order chi connectivity index (χ1) is 9.19. The number of aryl methyl sites for hydroxylation is 1. The number of nitrogens with one attached hydrogen (secondary N) is 1. The van der Waals surface area contributed by atoms with Crippen molar-refractivity contribution in [3.8, 4) is 6.07 Å². The Balaban J connectivity index is 1.98. The Bertz CT molecular complexity index is 597. The third-order valence-corrected chi connectivity index (χ3v) is 2.94. The zero-order valence-electron chi connectivity index (χ0n) is 10.8. The summed E-state index contributed by atoms with van der Waals surface area (Å²) in [4.78, 5) is 0. The molecule has 0 fully saturated rings. The molecule has 3 heteroatoms. The van der Waals surface area contributed by atoms with E-state index in [0.717, 1.165) is 23.2 Å². The number of benzene rings is 2. The minimum atomic E-state index is -0.220. The number of hydrogen-bond acceptors (Lipinski definition) is 2. The standard InChI is InChI=1S/C16H15FN2/c1-12-2-5-14(11-18)16(10-12)19-9-8-13-3-6-15(17)7-4-13/h2-7,10,19H,8-9H2,1H3. The molecule has 0 aliphatic carbocycles. The number of hydrogen-bond donors (Lipinski definition) is 1. The van der Waals surface area contributed by atoms with Crippen molar-refractivity contribution in [3.05, 3.63) is 65.0 Å². The number of rotatable bonds is 4. The normalized spacial score (nSPS) is 9.95. The zero-order chi connectivity index (χ0) is 13.7. The lowest BCUT2D eigenvalue weighted by Crippen LogP contribution is -2.06. The highest BCUT2D eigenvalue weighted by Crippen LogP contribution is 2.16. The van der Waals surface area contributed by atoms with Gasteiger partial charge in [-0.25, -0.2) is 4.39 Å². The summed E-state index contributed by atoms with van der Waals surface area (Å²) in [6, 6.07) is 14.3. The van der Waals surface area contributed by atoms with Crippen LogP contribution >= 0.6 is 0 Å². The SMILES string of the molecule is Cc1ccc(C#N)c(NCCc2ccc(F)cc2)c1. The second-order valence-electron chi connectivity index (χ2n) is 4.46. The first kappa shape index (κ1) is 13.1. The van der Waals surface area contributed by atoms with Crippen LogP contribution in [0.1, 0.15) is 16.7 Å². The second kappa shape index (κ2) is 6.01. The van der Waals surface area contributed by atoms with E-state index in [4.69, 9.17) is 5.26 Å². The molecule has 19 heavy (non-hydrogen) atoms. The highest BCUT2D eigenvalue weighted by atomic mass is 19.1. The second-order valence-corrected chi connectivity index (χ2v) is 4.46. The highest BCUT2D eigenvalue weighted by molar-refractivity contribution is 5.58.